The molecule has 2 aliphatic heterocycles. The highest BCUT2D eigenvalue weighted by Gasteiger charge is 2.48. The van der Waals surface area contributed by atoms with Crippen LogP contribution in [0, 0.1) is 13.8 Å². The number of carbonyl (C=O) groups is 1. The zero-order valence-electron chi connectivity index (χ0n) is 21.1. The minimum Gasteiger partial charge on any atom is -0.441 e. The number of benzene rings is 3. The third-order valence-electron chi connectivity index (χ3n) is 7.49. The number of hydrogen-bond acceptors (Lipinski definition) is 4. The smallest absolute Gasteiger partial charge is 0.410 e. The average molecular weight is 539 g/mol. The number of sulfonamides is 1. The zero-order chi connectivity index (χ0) is 26.2. The molecule has 0 N–H and O–H groups in total. The van der Waals surface area contributed by atoms with Gasteiger partial charge in [-0.05, 0) is 53.3 Å². The van der Waals surface area contributed by atoms with Gasteiger partial charge in [0.1, 0.15) is 5.60 Å². The van der Waals surface area contributed by atoms with Crippen LogP contribution >= 0.6 is 11.6 Å². The molecule has 0 aliphatic carbocycles. The number of rotatable bonds is 6. The molecule has 194 valence electrons. The third-order valence-corrected chi connectivity index (χ3v) is 9.72. The Morgan fingerprint density at radius 3 is 2.32 bits per heavy atom. The van der Waals surface area contributed by atoms with E-state index in [1.807, 2.05) is 62.4 Å². The fourth-order valence-corrected chi connectivity index (χ4v) is 7.14. The number of halogens is 1. The highest BCUT2D eigenvalue weighted by atomic mass is 35.5. The Hall–Kier alpha value is -2.87. The molecular formula is C29H31ClN2O4S. The van der Waals surface area contributed by atoms with Crippen LogP contribution in [0.2, 0.25) is 5.02 Å². The molecule has 6 nitrogen and oxygen atoms in total. The molecular weight excluding hydrogens is 508 g/mol. The SMILES string of the molecule is Cc1cc(CS(=O)(=O)N2CCC3(CC2)CN(Cc2ccccc2-c2ccccc2)C(=O)O3)c(C)cc1Cl. The van der Waals surface area contributed by atoms with Gasteiger partial charge in [-0.25, -0.2) is 17.5 Å². The van der Waals surface area contributed by atoms with E-state index in [0.717, 1.165) is 33.4 Å². The van der Waals surface area contributed by atoms with Crippen molar-refractivity contribution in [2.24, 2.45) is 0 Å². The molecule has 5 rings (SSSR count). The summed E-state index contributed by atoms with van der Waals surface area (Å²) in [5.74, 6) is -0.0635. The zero-order valence-corrected chi connectivity index (χ0v) is 22.7. The summed E-state index contributed by atoms with van der Waals surface area (Å²) in [5, 5.41) is 0.637. The van der Waals surface area contributed by atoms with E-state index >= 15 is 0 Å². The summed E-state index contributed by atoms with van der Waals surface area (Å²) in [4.78, 5) is 14.6. The topological polar surface area (TPSA) is 66.9 Å². The summed E-state index contributed by atoms with van der Waals surface area (Å²) < 4.78 is 33.9. The summed E-state index contributed by atoms with van der Waals surface area (Å²) in [6, 6.07) is 21.9. The summed E-state index contributed by atoms with van der Waals surface area (Å²) in [7, 11) is -3.51. The van der Waals surface area contributed by atoms with Gasteiger partial charge in [0.05, 0.1) is 12.3 Å². The van der Waals surface area contributed by atoms with Crippen molar-refractivity contribution in [3.8, 4) is 11.1 Å². The van der Waals surface area contributed by atoms with E-state index < -0.39 is 15.6 Å². The number of amides is 1. The van der Waals surface area contributed by atoms with Crippen molar-refractivity contribution in [2.75, 3.05) is 19.6 Å². The molecule has 2 aliphatic rings. The molecule has 1 spiro atoms. The minimum absolute atomic E-state index is 0.0635. The molecule has 2 fully saturated rings. The van der Waals surface area contributed by atoms with E-state index in [2.05, 4.69) is 18.2 Å². The fourth-order valence-electron chi connectivity index (χ4n) is 5.29. The largest absolute Gasteiger partial charge is 0.441 e. The first-order valence-corrected chi connectivity index (χ1v) is 14.5. The number of aryl methyl sites for hydroxylation is 2. The lowest BCUT2D eigenvalue weighted by molar-refractivity contribution is 0.0172. The first kappa shape index (κ1) is 25.8. The predicted molar refractivity (Wildman–Crippen MR) is 146 cm³/mol. The molecule has 0 saturated carbocycles. The molecule has 0 atom stereocenters. The van der Waals surface area contributed by atoms with Gasteiger partial charge in [-0.15, -0.1) is 0 Å². The third kappa shape index (κ3) is 5.40. The second-order valence-electron chi connectivity index (χ2n) is 10.1. The van der Waals surface area contributed by atoms with Crippen molar-refractivity contribution in [1.82, 2.24) is 9.21 Å². The molecule has 2 heterocycles. The van der Waals surface area contributed by atoms with Crippen LogP contribution < -0.4 is 0 Å². The van der Waals surface area contributed by atoms with Crippen LogP contribution in [-0.2, 0) is 27.1 Å². The lowest BCUT2D eigenvalue weighted by Gasteiger charge is -2.36. The predicted octanol–water partition coefficient (Wildman–Crippen LogP) is 5.94. The van der Waals surface area contributed by atoms with Crippen LogP contribution in [0.1, 0.15) is 35.1 Å². The highest BCUT2D eigenvalue weighted by Crippen LogP contribution is 2.36. The summed E-state index contributed by atoms with van der Waals surface area (Å²) in [6.45, 7) is 5.32. The number of ether oxygens (including phenoxy) is 1. The van der Waals surface area contributed by atoms with Gasteiger partial charge < -0.3 is 4.74 Å². The Labute approximate surface area is 223 Å². The maximum atomic E-state index is 13.2. The molecule has 0 aromatic heterocycles. The monoisotopic (exact) mass is 538 g/mol. The van der Waals surface area contributed by atoms with Gasteiger partial charge in [0.15, 0.2) is 0 Å². The molecule has 0 bridgehead atoms. The van der Waals surface area contributed by atoms with E-state index in [9.17, 15) is 13.2 Å². The van der Waals surface area contributed by atoms with Crippen molar-refractivity contribution in [1.29, 1.82) is 0 Å². The number of carbonyl (C=O) groups excluding carboxylic acids is 1. The van der Waals surface area contributed by atoms with Crippen LogP contribution in [0.25, 0.3) is 11.1 Å². The van der Waals surface area contributed by atoms with Crippen molar-refractivity contribution in [2.45, 2.75) is 44.6 Å². The van der Waals surface area contributed by atoms with E-state index in [1.54, 1.807) is 4.90 Å². The number of hydrogen-bond donors (Lipinski definition) is 0. The minimum atomic E-state index is -3.51. The van der Waals surface area contributed by atoms with E-state index in [4.69, 9.17) is 16.3 Å². The van der Waals surface area contributed by atoms with Crippen molar-refractivity contribution >= 4 is 27.7 Å². The van der Waals surface area contributed by atoms with Gasteiger partial charge in [-0.3, -0.25) is 4.90 Å². The van der Waals surface area contributed by atoms with Crippen molar-refractivity contribution in [3.05, 3.63) is 94.0 Å². The Kier molecular flexibility index (Phi) is 7.05. The lowest BCUT2D eigenvalue weighted by atomic mass is 9.92. The van der Waals surface area contributed by atoms with Gasteiger partial charge in [0.25, 0.3) is 0 Å². The standard InChI is InChI=1S/C29H31ClN2O4S/c1-21-17-27(30)22(2)16-25(21)19-37(34,35)32-14-12-29(13-15-32)20-31(28(33)36-29)18-24-10-6-7-11-26(24)23-8-4-3-5-9-23/h3-11,16-17H,12-15,18-20H2,1-2H3. The summed E-state index contributed by atoms with van der Waals surface area (Å²) in [6.07, 6.45) is 0.618. The van der Waals surface area contributed by atoms with Gasteiger partial charge in [-0.2, -0.15) is 0 Å². The second kappa shape index (κ2) is 10.1. The Balaban J connectivity index is 1.25. The van der Waals surface area contributed by atoms with Gasteiger partial charge >= 0.3 is 6.09 Å². The van der Waals surface area contributed by atoms with E-state index in [1.165, 1.54) is 4.31 Å². The first-order chi connectivity index (χ1) is 17.7. The molecule has 0 radical (unpaired) electrons. The van der Waals surface area contributed by atoms with Crippen LogP contribution in [0.3, 0.4) is 0 Å². The normalized spacial score (nSPS) is 17.8. The Bertz CT molecular complexity index is 1420. The maximum absolute atomic E-state index is 13.2. The van der Waals surface area contributed by atoms with Crippen LogP contribution in [0.15, 0.2) is 66.7 Å². The summed E-state index contributed by atoms with van der Waals surface area (Å²) >= 11 is 6.18. The fraction of sp³-hybridized carbons (Fsp3) is 0.345. The lowest BCUT2D eigenvalue weighted by Crippen LogP contribution is -2.48. The maximum Gasteiger partial charge on any atom is 0.410 e. The number of nitrogens with zero attached hydrogens (tertiary/aromatic N) is 2. The van der Waals surface area contributed by atoms with E-state index in [0.29, 0.717) is 44.0 Å². The van der Waals surface area contributed by atoms with Crippen LogP contribution in [0.5, 0.6) is 0 Å². The number of piperidine rings is 1. The molecule has 2 saturated heterocycles. The van der Waals surface area contributed by atoms with Gasteiger partial charge in [-0.1, -0.05) is 72.3 Å². The second-order valence-corrected chi connectivity index (χ2v) is 12.5. The molecule has 3 aromatic carbocycles. The van der Waals surface area contributed by atoms with Crippen molar-refractivity contribution < 1.29 is 17.9 Å². The average Bonchev–Trinajstić information content (AvgIpc) is 3.17. The summed E-state index contributed by atoms with van der Waals surface area (Å²) in [5.41, 5.74) is 5.08. The quantitative estimate of drug-likeness (QED) is 0.389. The molecule has 1 amide bonds. The molecule has 0 unspecified atom stereocenters. The van der Waals surface area contributed by atoms with Gasteiger partial charge in [0.2, 0.25) is 10.0 Å². The highest BCUT2D eigenvalue weighted by molar-refractivity contribution is 7.88. The molecule has 8 heteroatoms. The Morgan fingerprint density at radius 1 is 0.919 bits per heavy atom. The van der Waals surface area contributed by atoms with Crippen LogP contribution in [-0.4, -0.2) is 49.0 Å². The van der Waals surface area contributed by atoms with Gasteiger partial charge in [0, 0.05) is 37.5 Å². The first-order valence-electron chi connectivity index (χ1n) is 12.5. The van der Waals surface area contributed by atoms with Crippen molar-refractivity contribution in [3.63, 3.8) is 0 Å². The van der Waals surface area contributed by atoms with E-state index in [-0.39, 0.29) is 11.8 Å². The Morgan fingerprint density at radius 2 is 1.59 bits per heavy atom. The van der Waals surface area contributed by atoms with Crippen LogP contribution in [0.4, 0.5) is 4.79 Å². The molecule has 37 heavy (non-hydrogen) atoms. The molecule has 3 aromatic rings.